The number of carbonyl (C=O) groups is 1. The number of rotatable bonds is 6. The SMILES string of the molecule is COc1ccc(C2=CC(C)(C(=O)N3CCC(O)(c4ccc(Br)cc4)CC3)ON2)cc1OC1CCCC1. The first-order valence-corrected chi connectivity index (χ1v) is 13.4. The number of methoxy groups -OCH3 is 1. The van der Waals surface area contributed by atoms with Gasteiger partial charge < -0.3 is 19.5 Å². The zero-order valence-electron chi connectivity index (χ0n) is 20.8. The first kappa shape index (κ1) is 25.1. The number of likely N-dealkylation sites (tertiary alicyclic amines) is 1. The number of halogens is 1. The largest absolute Gasteiger partial charge is 0.493 e. The first-order chi connectivity index (χ1) is 17.3. The lowest BCUT2D eigenvalue weighted by Crippen LogP contribution is -2.52. The topological polar surface area (TPSA) is 80.3 Å². The van der Waals surface area contributed by atoms with Gasteiger partial charge in [-0.3, -0.25) is 15.1 Å². The number of hydroxylamine groups is 1. The van der Waals surface area contributed by atoms with Crippen molar-refractivity contribution in [2.24, 2.45) is 0 Å². The third-order valence-electron chi connectivity index (χ3n) is 7.55. The Morgan fingerprint density at radius 2 is 1.81 bits per heavy atom. The summed E-state index contributed by atoms with van der Waals surface area (Å²) < 4.78 is 12.7. The van der Waals surface area contributed by atoms with Crippen LogP contribution in [0.3, 0.4) is 0 Å². The summed E-state index contributed by atoms with van der Waals surface area (Å²) in [7, 11) is 1.64. The number of hydrogen-bond acceptors (Lipinski definition) is 6. The van der Waals surface area contributed by atoms with Gasteiger partial charge in [0.25, 0.3) is 5.91 Å². The summed E-state index contributed by atoms with van der Waals surface area (Å²) in [4.78, 5) is 21.1. The highest BCUT2D eigenvalue weighted by Gasteiger charge is 2.44. The van der Waals surface area contributed by atoms with E-state index in [-0.39, 0.29) is 12.0 Å². The maximum absolute atomic E-state index is 13.5. The van der Waals surface area contributed by atoms with Gasteiger partial charge in [0.2, 0.25) is 0 Å². The lowest BCUT2D eigenvalue weighted by Gasteiger charge is -2.40. The smallest absolute Gasteiger partial charge is 0.261 e. The number of benzene rings is 2. The van der Waals surface area contributed by atoms with E-state index < -0.39 is 11.2 Å². The minimum absolute atomic E-state index is 0.126. The first-order valence-electron chi connectivity index (χ1n) is 12.6. The van der Waals surface area contributed by atoms with Gasteiger partial charge in [-0.1, -0.05) is 28.1 Å². The second-order valence-electron chi connectivity index (χ2n) is 10.1. The normalized spacial score (nSPS) is 23.8. The van der Waals surface area contributed by atoms with Crippen LogP contribution in [0.5, 0.6) is 11.5 Å². The average Bonchev–Trinajstić information content (AvgIpc) is 3.55. The molecule has 1 atom stereocenters. The molecule has 0 aromatic heterocycles. The molecule has 2 N–H and O–H groups in total. The summed E-state index contributed by atoms with van der Waals surface area (Å²) >= 11 is 3.44. The molecule has 2 fully saturated rings. The predicted octanol–water partition coefficient (Wildman–Crippen LogP) is 4.92. The van der Waals surface area contributed by atoms with Gasteiger partial charge in [0.05, 0.1) is 24.5 Å². The molecule has 192 valence electrons. The molecule has 2 heterocycles. The monoisotopic (exact) mass is 556 g/mol. The third kappa shape index (κ3) is 4.99. The van der Waals surface area contributed by atoms with Gasteiger partial charge in [-0.25, -0.2) is 0 Å². The molecule has 0 bridgehead atoms. The van der Waals surface area contributed by atoms with Crippen LogP contribution < -0.4 is 15.0 Å². The third-order valence-corrected chi connectivity index (χ3v) is 8.08. The van der Waals surface area contributed by atoms with Crippen molar-refractivity contribution in [1.82, 2.24) is 10.4 Å². The Hall–Kier alpha value is -2.55. The average molecular weight is 557 g/mol. The molecule has 1 saturated carbocycles. The fourth-order valence-corrected chi connectivity index (χ4v) is 5.57. The molecule has 2 aromatic carbocycles. The summed E-state index contributed by atoms with van der Waals surface area (Å²) in [6, 6.07) is 13.5. The highest BCUT2D eigenvalue weighted by Crippen LogP contribution is 2.38. The molecule has 0 spiro atoms. The van der Waals surface area contributed by atoms with Crippen LogP contribution in [0.25, 0.3) is 5.70 Å². The van der Waals surface area contributed by atoms with E-state index in [9.17, 15) is 9.90 Å². The predicted molar refractivity (Wildman–Crippen MR) is 140 cm³/mol. The molecule has 0 radical (unpaired) electrons. The molecule has 1 amide bonds. The van der Waals surface area contributed by atoms with Crippen molar-refractivity contribution in [3.05, 3.63) is 64.1 Å². The van der Waals surface area contributed by atoms with Crippen LogP contribution >= 0.6 is 15.9 Å². The second kappa shape index (κ2) is 10.1. The maximum Gasteiger partial charge on any atom is 0.261 e. The molecule has 7 nitrogen and oxygen atoms in total. The number of carbonyl (C=O) groups excluding carboxylic acids is 1. The fourth-order valence-electron chi connectivity index (χ4n) is 5.31. The number of nitrogens with one attached hydrogen (secondary N) is 1. The van der Waals surface area contributed by atoms with E-state index in [4.69, 9.17) is 14.3 Å². The number of amides is 1. The molecule has 3 aliphatic rings. The van der Waals surface area contributed by atoms with E-state index in [1.165, 1.54) is 12.8 Å². The molecular weight excluding hydrogens is 524 g/mol. The van der Waals surface area contributed by atoms with Crippen molar-refractivity contribution in [2.45, 2.75) is 62.8 Å². The van der Waals surface area contributed by atoms with Crippen LogP contribution in [0.4, 0.5) is 0 Å². The van der Waals surface area contributed by atoms with Crippen LogP contribution in [0.2, 0.25) is 0 Å². The number of aliphatic hydroxyl groups is 1. The number of piperidine rings is 1. The van der Waals surface area contributed by atoms with Gasteiger partial charge in [0.15, 0.2) is 17.1 Å². The Balaban J connectivity index is 1.28. The van der Waals surface area contributed by atoms with E-state index in [2.05, 4.69) is 21.4 Å². The van der Waals surface area contributed by atoms with Gasteiger partial charge in [0.1, 0.15) is 0 Å². The van der Waals surface area contributed by atoms with Crippen LogP contribution in [0.1, 0.15) is 56.6 Å². The molecular formula is C28H33BrN2O5. The van der Waals surface area contributed by atoms with Crippen molar-refractivity contribution < 1.29 is 24.2 Å². The minimum Gasteiger partial charge on any atom is -0.493 e. The molecule has 5 rings (SSSR count). The molecule has 8 heteroatoms. The van der Waals surface area contributed by atoms with E-state index in [0.29, 0.717) is 43.1 Å². The molecule has 1 aliphatic carbocycles. The van der Waals surface area contributed by atoms with Crippen molar-refractivity contribution >= 4 is 27.5 Å². The number of ether oxygens (including phenoxy) is 2. The molecule has 36 heavy (non-hydrogen) atoms. The van der Waals surface area contributed by atoms with E-state index in [1.54, 1.807) is 18.9 Å². The summed E-state index contributed by atoms with van der Waals surface area (Å²) in [5.41, 5.74) is 3.33. The van der Waals surface area contributed by atoms with Crippen molar-refractivity contribution in [3.8, 4) is 11.5 Å². The Morgan fingerprint density at radius 1 is 1.11 bits per heavy atom. The van der Waals surface area contributed by atoms with Gasteiger partial charge in [-0.05, 0) is 87.4 Å². The van der Waals surface area contributed by atoms with E-state index in [0.717, 1.165) is 28.4 Å². The summed E-state index contributed by atoms with van der Waals surface area (Å²) in [6.45, 7) is 2.68. The molecule has 2 aliphatic heterocycles. The minimum atomic E-state index is -1.14. The van der Waals surface area contributed by atoms with Gasteiger partial charge in [0, 0.05) is 23.1 Å². The van der Waals surface area contributed by atoms with Gasteiger partial charge in [-0.15, -0.1) is 0 Å². The van der Waals surface area contributed by atoms with Gasteiger partial charge in [-0.2, -0.15) is 0 Å². The Labute approximate surface area is 220 Å². The highest BCUT2D eigenvalue weighted by atomic mass is 79.9. The zero-order chi connectivity index (χ0) is 25.3. The second-order valence-corrected chi connectivity index (χ2v) is 11.0. The lowest BCUT2D eigenvalue weighted by molar-refractivity contribution is -0.157. The van der Waals surface area contributed by atoms with Crippen molar-refractivity contribution in [1.29, 1.82) is 0 Å². The van der Waals surface area contributed by atoms with Crippen LogP contribution in [-0.2, 0) is 15.2 Å². The fraction of sp³-hybridized carbons (Fsp3) is 0.464. The Kier molecular flexibility index (Phi) is 7.03. The maximum atomic E-state index is 13.5. The highest BCUT2D eigenvalue weighted by molar-refractivity contribution is 9.10. The van der Waals surface area contributed by atoms with Crippen molar-refractivity contribution in [2.75, 3.05) is 20.2 Å². The zero-order valence-corrected chi connectivity index (χ0v) is 22.3. The summed E-state index contributed by atoms with van der Waals surface area (Å²) in [5, 5.41) is 11.2. The molecule has 1 unspecified atom stereocenters. The molecule has 2 aromatic rings. The lowest BCUT2D eigenvalue weighted by atomic mass is 9.84. The van der Waals surface area contributed by atoms with E-state index >= 15 is 0 Å². The number of hydrogen-bond donors (Lipinski definition) is 2. The summed E-state index contributed by atoms with van der Waals surface area (Å²) in [5.74, 6) is 1.27. The van der Waals surface area contributed by atoms with Gasteiger partial charge >= 0.3 is 0 Å². The molecule has 1 saturated heterocycles. The Bertz CT molecular complexity index is 1140. The number of nitrogens with zero attached hydrogens (tertiary/aromatic N) is 1. The van der Waals surface area contributed by atoms with E-state index in [1.807, 2.05) is 48.5 Å². The standard InChI is InChI=1S/C28H33BrN2O5/c1-27(26(32)31-15-13-28(33,14-16-31)20-8-10-21(29)11-9-20)18-23(30-36-27)19-7-12-24(34-2)25(17-19)35-22-5-3-4-6-22/h7-12,17-18,22,30,33H,3-6,13-16H2,1-2H3. The Morgan fingerprint density at radius 3 is 2.47 bits per heavy atom. The quantitative estimate of drug-likeness (QED) is 0.525. The summed E-state index contributed by atoms with van der Waals surface area (Å²) in [6.07, 6.45) is 7.45. The van der Waals surface area contributed by atoms with Crippen LogP contribution in [0.15, 0.2) is 53.0 Å². The van der Waals surface area contributed by atoms with Crippen molar-refractivity contribution in [3.63, 3.8) is 0 Å². The van der Waals surface area contributed by atoms with Crippen LogP contribution in [-0.4, -0.2) is 47.8 Å². The van der Waals surface area contributed by atoms with Crippen LogP contribution in [0, 0.1) is 0 Å².